The van der Waals surface area contributed by atoms with Crippen molar-refractivity contribution in [2.45, 2.75) is 17.5 Å². The lowest BCUT2D eigenvalue weighted by Crippen LogP contribution is -2.51. The van der Waals surface area contributed by atoms with E-state index in [-0.39, 0.29) is 17.3 Å². The number of anilines is 2. The number of carbonyl (C=O) groups excluding carboxylic acids is 3. The van der Waals surface area contributed by atoms with E-state index in [4.69, 9.17) is 11.6 Å². The number of nitrogens with zero attached hydrogens (tertiary/aromatic N) is 1. The average molecular weight is 549 g/mol. The number of hydrogen-bond donors (Lipinski definition) is 1. The molecule has 3 aliphatic rings. The van der Waals surface area contributed by atoms with Crippen LogP contribution >= 0.6 is 11.6 Å². The molecule has 1 N–H and O–H groups in total. The predicted octanol–water partition coefficient (Wildman–Crippen LogP) is 6.34. The van der Waals surface area contributed by atoms with Crippen LogP contribution in [0.15, 0.2) is 103 Å². The number of ketones is 2. The molecule has 3 aliphatic heterocycles. The van der Waals surface area contributed by atoms with Crippen LogP contribution in [0.3, 0.4) is 0 Å². The van der Waals surface area contributed by atoms with Crippen LogP contribution in [0.5, 0.6) is 0 Å². The maximum atomic E-state index is 14.6. The molecule has 3 heterocycles. The van der Waals surface area contributed by atoms with Gasteiger partial charge in [-0.05, 0) is 59.7 Å². The van der Waals surface area contributed by atoms with Crippen LogP contribution in [-0.2, 0) is 10.2 Å². The van der Waals surface area contributed by atoms with Crippen molar-refractivity contribution in [2.24, 2.45) is 5.92 Å². The fourth-order valence-corrected chi connectivity index (χ4v) is 6.90. The van der Waals surface area contributed by atoms with Crippen molar-refractivity contribution in [3.63, 3.8) is 0 Å². The minimum Gasteiger partial charge on any atom is -0.352 e. The predicted molar refractivity (Wildman–Crippen MR) is 152 cm³/mol. The molecule has 1 amide bonds. The Hall–Kier alpha value is -4.55. The molecule has 1 spiro atoms. The number of amides is 1. The van der Waals surface area contributed by atoms with E-state index in [1.165, 1.54) is 24.3 Å². The third-order valence-corrected chi connectivity index (χ3v) is 8.57. The molecule has 0 aromatic heterocycles. The number of halogens is 2. The SMILES string of the molecule is O=C(c1ccccc1)[C@@H]1[C@H](C(=O)c2ccc(F)cc2)[C@]2(C(=O)Nc3ccccc32)[C@H]2C=Cc3cc(Cl)ccc3N12. The smallest absolute Gasteiger partial charge is 0.238 e. The van der Waals surface area contributed by atoms with Crippen molar-refractivity contribution >= 4 is 46.5 Å². The van der Waals surface area contributed by atoms with Crippen LogP contribution in [0.1, 0.15) is 31.8 Å². The molecule has 7 rings (SSSR count). The summed E-state index contributed by atoms with van der Waals surface area (Å²) < 4.78 is 13.9. The van der Waals surface area contributed by atoms with Crippen molar-refractivity contribution < 1.29 is 18.8 Å². The van der Waals surface area contributed by atoms with E-state index < -0.39 is 35.0 Å². The molecule has 4 aromatic rings. The Morgan fingerprint density at radius 1 is 0.850 bits per heavy atom. The van der Waals surface area contributed by atoms with Crippen LogP contribution in [-0.4, -0.2) is 29.6 Å². The molecule has 4 atom stereocenters. The molecule has 1 saturated heterocycles. The number of para-hydroxylation sites is 1. The van der Waals surface area contributed by atoms with Gasteiger partial charge in [0.2, 0.25) is 5.91 Å². The molecular formula is C33H22ClFN2O3. The molecule has 5 nitrogen and oxygen atoms in total. The lowest BCUT2D eigenvalue weighted by atomic mass is 9.64. The molecule has 0 bridgehead atoms. The van der Waals surface area contributed by atoms with Gasteiger partial charge in [0.15, 0.2) is 11.6 Å². The number of rotatable bonds is 4. The first kappa shape index (κ1) is 24.5. The monoisotopic (exact) mass is 548 g/mol. The Labute approximate surface area is 234 Å². The van der Waals surface area contributed by atoms with Gasteiger partial charge in [-0.2, -0.15) is 0 Å². The summed E-state index contributed by atoms with van der Waals surface area (Å²) in [6, 6.07) is 25.0. The Morgan fingerprint density at radius 3 is 2.33 bits per heavy atom. The average Bonchev–Trinajstić information content (AvgIpc) is 3.45. The summed E-state index contributed by atoms with van der Waals surface area (Å²) >= 11 is 6.33. The first-order valence-electron chi connectivity index (χ1n) is 13.0. The molecule has 1 fully saturated rings. The standard InChI is InChI=1S/C33H22ClFN2O3/c34-22-13-16-26-21(18-22)12-17-27-33(24-8-4-5-9-25(24)36-32(33)40)28(30(38)20-10-14-23(35)15-11-20)29(37(26)27)31(39)19-6-2-1-3-7-19/h1-18,27-29H,(H,36,40)/t27-,28-,29+,33-/m1/s1. The van der Waals surface area contributed by atoms with Gasteiger partial charge in [-0.1, -0.05) is 72.3 Å². The van der Waals surface area contributed by atoms with Crippen LogP contribution in [0.4, 0.5) is 15.8 Å². The van der Waals surface area contributed by atoms with Gasteiger partial charge < -0.3 is 10.2 Å². The highest BCUT2D eigenvalue weighted by molar-refractivity contribution is 6.31. The molecule has 7 heteroatoms. The second kappa shape index (κ2) is 9.00. The normalized spacial score (nSPS) is 23.9. The van der Waals surface area contributed by atoms with Gasteiger partial charge in [-0.15, -0.1) is 0 Å². The highest BCUT2D eigenvalue weighted by Crippen LogP contribution is 2.58. The lowest BCUT2D eigenvalue weighted by Gasteiger charge is -2.37. The third kappa shape index (κ3) is 3.36. The van der Waals surface area contributed by atoms with Crippen LogP contribution in [0, 0.1) is 11.7 Å². The minimum atomic E-state index is -1.43. The molecule has 196 valence electrons. The number of benzene rings is 4. The van der Waals surface area contributed by atoms with Crippen molar-refractivity contribution in [1.29, 1.82) is 0 Å². The van der Waals surface area contributed by atoms with Gasteiger partial charge in [-0.25, -0.2) is 4.39 Å². The van der Waals surface area contributed by atoms with Gasteiger partial charge in [0, 0.05) is 27.5 Å². The quantitative estimate of drug-likeness (QED) is 0.302. The van der Waals surface area contributed by atoms with Crippen molar-refractivity contribution in [2.75, 3.05) is 10.2 Å². The van der Waals surface area contributed by atoms with Gasteiger partial charge >= 0.3 is 0 Å². The first-order valence-corrected chi connectivity index (χ1v) is 13.3. The fourth-order valence-electron chi connectivity index (χ4n) is 6.72. The maximum absolute atomic E-state index is 14.6. The first-order chi connectivity index (χ1) is 19.4. The molecular weight excluding hydrogens is 527 g/mol. The van der Waals surface area contributed by atoms with Gasteiger partial charge in [0.05, 0.1) is 12.0 Å². The van der Waals surface area contributed by atoms with Gasteiger partial charge in [-0.3, -0.25) is 14.4 Å². The summed E-state index contributed by atoms with van der Waals surface area (Å²) in [4.78, 5) is 45.3. The van der Waals surface area contributed by atoms with Crippen LogP contribution in [0.25, 0.3) is 6.08 Å². The number of carbonyl (C=O) groups is 3. The molecule has 4 aromatic carbocycles. The Bertz CT molecular complexity index is 1740. The summed E-state index contributed by atoms with van der Waals surface area (Å²) in [5, 5.41) is 3.53. The van der Waals surface area contributed by atoms with Crippen LogP contribution in [0.2, 0.25) is 5.02 Å². The fraction of sp³-hybridized carbons (Fsp3) is 0.121. The van der Waals surface area contributed by atoms with E-state index in [0.717, 1.165) is 5.56 Å². The molecule has 40 heavy (non-hydrogen) atoms. The molecule has 0 unspecified atom stereocenters. The van der Waals surface area contributed by atoms with Crippen molar-refractivity contribution in [3.05, 3.63) is 136 Å². The number of hydrogen-bond acceptors (Lipinski definition) is 4. The maximum Gasteiger partial charge on any atom is 0.238 e. The Kier molecular flexibility index (Phi) is 5.51. The minimum absolute atomic E-state index is 0.231. The summed E-state index contributed by atoms with van der Waals surface area (Å²) in [5.41, 5.74) is 1.98. The van der Waals surface area contributed by atoms with Crippen LogP contribution < -0.4 is 10.2 Å². The van der Waals surface area contributed by atoms with Crippen molar-refractivity contribution in [1.82, 2.24) is 0 Å². The van der Waals surface area contributed by atoms with Gasteiger partial charge in [0.1, 0.15) is 17.3 Å². The third-order valence-electron chi connectivity index (χ3n) is 8.33. The molecule has 0 aliphatic carbocycles. The summed E-state index contributed by atoms with van der Waals surface area (Å²) in [6.07, 6.45) is 3.79. The van der Waals surface area contributed by atoms with E-state index in [0.29, 0.717) is 27.5 Å². The number of fused-ring (bicyclic) bond motifs is 6. The van der Waals surface area contributed by atoms with E-state index in [1.54, 1.807) is 42.5 Å². The molecule has 0 saturated carbocycles. The van der Waals surface area contributed by atoms with E-state index in [2.05, 4.69) is 5.32 Å². The van der Waals surface area contributed by atoms with E-state index in [1.807, 2.05) is 47.4 Å². The zero-order valence-corrected chi connectivity index (χ0v) is 21.8. The highest BCUT2D eigenvalue weighted by atomic mass is 35.5. The summed E-state index contributed by atoms with van der Waals surface area (Å²) in [6.45, 7) is 0. The number of Topliss-reactive ketones (excluding diaryl/α,β-unsaturated/α-hetero) is 2. The number of nitrogens with one attached hydrogen (secondary N) is 1. The van der Waals surface area contributed by atoms with Gasteiger partial charge in [0.25, 0.3) is 0 Å². The Morgan fingerprint density at radius 2 is 1.55 bits per heavy atom. The zero-order valence-electron chi connectivity index (χ0n) is 21.1. The summed E-state index contributed by atoms with van der Waals surface area (Å²) in [5.74, 6) is -2.64. The van der Waals surface area contributed by atoms with Crippen molar-refractivity contribution in [3.8, 4) is 0 Å². The Balaban J connectivity index is 1.54. The molecule has 0 radical (unpaired) electrons. The summed E-state index contributed by atoms with van der Waals surface area (Å²) in [7, 11) is 0. The van der Waals surface area contributed by atoms with E-state index in [9.17, 15) is 18.8 Å². The lowest BCUT2D eigenvalue weighted by molar-refractivity contribution is -0.121. The topological polar surface area (TPSA) is 66.5 Å². The highest BCUT2D eigenvalue weighted by Gasteiger charge is 2.70. The second-order valence-corrected chi connectivity index (χ2v) is 10.7. The largest absolute Gasteiger partial charge is 0.352 e. The van der Waals surface area contributed by atoms with E-state index >= 15 is 0 Å². The zero-order chi connectivity index (χ0) is 27.6. The second-order valence-electron chi connectivity index (χ2n) is 10.3.